The summed E-state index contributed by atoms with van der Waals surface area (Å²) in [5.41, 5.74) is 1.85. The molecule has 3 nitrogen and oxygen atoms in total. The Bertz CT molecular complexity index is 377. The third-order valence-electron chi connectivity index (χ3n) is 3.25. The van der Waals surface area contributed by atoms with Crippen molar-refractivity contribution in [3.8, 4) is 0 Å². The monoisotopic (exact) mass is 220 g/mol. The molecule has 1 aliphatic carbocycles. The van der Waals surface area contributed by atoms with Crippen LogP contribution in [0.5, 0.6) is 0 Å². The second-order valence-electron chi connectivity index (χ2n) is 4.52. The molecule has 0 atom stereocenters. The van der Waals surface area contributed by atoms with Crippen LogP contribution in [0.3, 0.4) is 0 Å². The van der Waals surface area contributed by atoms with Gasteiger partial charge in [0.2, 0.25) is 0 Å². The molecule has 16 heavy (non-hydrogen) atoms. The van der Waals surface area contributed by atoms with Crippen LogP contribution < -0.4 is 0 Å². The first-order chi connectivity index (χ1) is 7.69. The average molecular weight is 220 g/mol. The van der Waals surface area contributed by atoms with Crippen LogP contribution >= 0.6 is 0 Å². The maximum absolute atomic E-state index is 11.2. The highest BCUT2D eigenvalue weighted by atomic mass is 16.5. The molecule has 0 aliphatic heterocycles. The quantitative estimate of drug-likeness (QED) is 0.787. The van der Waals surface area contributed by atoms with Crippen molar-refractivity contribution in [2.24, 2.45) is 5.41 Å². The van der Waals surface area contributed by atoms with E-state index in [1.165, 1.54) is 12.7 Å². The van der Waals surface area contributed by atoms with Crippen LogP contribution in [-0.2, 0) is 11.2 Å². The molecular weight excluding hydrogens is 204 g/mol. The van der Waals surface area contributed by atoms with Crippen LogP contribution in [0, 0.1) is 5.41 Å². The van der Waals surface area contributed by atoms with Gasteiger partial charge >= 0.3 is 5.97 Å². The van der Waals surface area contributed by atoms with Gasteiger partial charge in [-0.25, -0.2) is 4.79 Å². The van der Waals surface area contributed by atoms with E-state index in [1.807, 2.05) is 12.1 Å². The highest BCUT2D eigenvalue weighted by molar-refractivity contribution is 5.89. The van der Waals surface area contributed by atoms with Crippen molar-refractivity contribution in [1.29, 1.82) is 0 Å². The van der Waals surface area contributed by atoms with Crippen molar-refractivity contribution >= 4 is 5.97 Å². The topological polar surface area (TPSA) is 46.5 Å². The highest BCUT2D eigenvalue weighted by Crippen LogP contribution is 2.47. The molecule has 1 N–H and O–H groups in total. The first-order valence-corrected chi connectivity index (χ1v) is 5.47. The van der Waals surface area contributed by atoms with Gasteiger partial charge in [0, 0.05) is 6.61 Å². The Labute approximate surface area is 95.0 Å². The average Bonchev–Trinajstić information content (AvgIpc) is 3.09. The lowest BCUT2D eigenvalue weighted by Crippen LogP contribution is -2.10. The number of aliphatic hydroxyl groups is 1. The van der Waals surface area contributed by atoms with Crippen molar-refractivity contribution in [2.45, 2.75) is 19.3 Å². The van der Waals surface area contributed by atoms with E-state index in [1.54, 1.807) is 12.1 Å². The Hall–Kier alpha value is -1.35. The Kier molecular flexibility index (Phi) is 2.97. The van der Waals surface area contributed by atoms with E-state index in [-0.39, 0.29) is 18.0 Å². The second kappa shape index (κ2) is 4.26. The van der Waals surface area contributed by atoms with E-state index in [4.69, 9.17) is 0 Å². The van der Waals surface area contributed by atoms with Crippen LogP contribution in [-0.4, -0.2) is 24.8 Å². The number of carbonyl (C=O) groups is 1. The van der Waals surface area contributed by atoms with E-state index in [0.717, 1.165) is 19.3 Å². The van der Waals surface area contributed by atoms with Crippen LogP contribution in [0.2, 0.25) is 0 Å². The predicted molar refractivity (Wildman–Crippen MR) is 60.2 cm³/mol. The number of methoxy groups -OCH3 is 1. The van der Waals surface area contributed by atoms with Gasteiger partial charge in [0.15, 0.2) is 0 Å². The largest absolute Gasteiger partial charge is 0.465 e. The fourth-order valence-corrected chi connectivity index (χ4v) is 1.88. The summed E-state index contributed by atoms with van der Waals surface area (Å²) in [6, 6.07) is 7.41. The summed E-state index contributed by atoms with van der Waals surface area (Å²) in [6.07, 6.45) is 3.09. The van der Waals surface area contributed by atoms with Crippen molar-refractivity contribution in [3.05, 3.63) is 35.4 Å². The summed E-state index contributed by atoms with van der Waals surface area (Å²) >= 11 is 0. The molecule has 1 aliphatic rings. The van der Waals surface area contributed by atoms with Gasteiger partial charge in [0.1, 0.15) is 0 Å². The molecule has 1 saturated carbocycles. The fraction of sp³-hybridized carbons (Fsp3) is 0.462. The maximum Gasteiger partial charge on any atom is 0.337 e. The Morgan fingerprint density at radius 1 is 1.38 bits per heavy atom. The molecule has 2 rings (SSSR count). The first-order valence-electron chi connectivity index (χ1n) is 5.47. The van der Waals surface area contributed by atoms with Crippen LogP contribution in [0.1, 0.15) is 28.8 Å². The lowest BCUT2D eigenvalue weighted by Gasteiger charge is -2.11. The van der Waals surface area contributed by atoms with Gasteiger partial charge < -0.3 is 9.84 Å². The molecule has 86 valence electrons. The number of aliphatic hydroxyl groups excluding tert-OH is 1. The zero-order valence-electron chi connectivity index (χ0n) is 9.40. The zero-order valence-corrected chi connectivity index (χ0v) is 9.40. The van der Waals surface area contributed by atoms with Gasteiger partial charge in [-0.05, 0) is 42.4 Å². The Balaban J connectivity index is 2.05. The Morgan fingerprint density at radius 2 is 2.00 bits per heavy atom. The third kappa shape index (κ3) is 2.25. The van der Waals surface area contributed by atoms with Gasteiger partial charge in [-0.1, -0.05) is 12.1 Å². The van der Waals surface area contributed by atoms with Gasteiger partial charge in [0.05, 0.1) is 12.7 Å². The number of ether oxygens (including phenoxy) is 1. The predicted octanol–water partition coefficient (Wildman–Crippen LogP) is 1.79. The molecule has 0 unspecified atom stereocenters. The molecule has 1 aromatic carbocycles. The number of hydrogen-bond donors (Lipinski definition) is 1. The molecular formula is C13H16O3. The van der Waals surface area contributed by atoms with Crippen molar-refractivity contribution in [3.63, 3.8) is 0 Å². The van der Waals surface area contributed by atoms with E-state index >= 15 is 0 Å². The van der Waals surface area contributed by atoms with Crippen LogP contribution in [0.25, 0.3) is 0 Å². The van der Waals surface area contributed by atoms with Crippen molar-refractivity contribution in [1.82, 2.24) is 0 Å². The van der Waals surface area contributed by atoms with Crippen molar-refractivity contribution in [2.75, 3.05) is 13.7 Å². The summed E-state index contributed by atoms with van der Waals surface area (Å²) < 4.78 is 4.63. The Morgan fingerprint density at radius 3 is 2.44 bits per heavy atom. The van der Waals surface area contributed by atoms with E-state index in [2.05, 4.69) is 4.74 Å². The first kappa shape index (κ1) is 11.1. The summed E-state index contributed by atoms with van der Waals surface area (Å²) in [5.74, 6) is -0.310. The molecule has 0 saturated heterocycles. The van der Waals surface area contributed by atoms with Crippen LogP contribution in [0.15, 0.2) is 24.3 Å². The molecule has 0 aromatic heterocycles. The minimum absolute atomic E-state index is 0.118. The minimum Gasteiger partial charge on any atom is -0.465 e. The van der Waals surface area contributed by atoms with Crippen LogP contribution in [0.4, 0.5) is 0 Å². The maximum atomic E-state index is 11.2. The number of esters is 1. The number of rotatable bonds is 4. The highest BCUT2D eigenvalue weighted by Gasteiger charge is 2.41. The number of carbonyl (C=O) groups excluding carboxylic acids is 1. The van der Waals surface area contributed by atoms with Gasteiger partial charge in [-0.15, -0.1) is 0 Å². The van der Waals surface area contributed by atoms with Gasteiger partial charge in [0.25, 0.3) is 0 Å². The summed E-state index contributed by atoms with van der Waals surface area (Å²) in [6.45, 7) is 0.256. The van der Waals surface area contributed by atoms with Gasteiger partial charge in [-0.3, -0.25) is 0 Å². The van der Waals surface area contributed by atoms with E-state index in [9.17, 15) is 9.90 Å². The minimum atomic E-state index is -0.310. The molecule has 0 radical (unpaired) electrons. The SMILES string of the molecule is COC(=O)c1ccc(CC2(CO)CC2)cc1. The number of benzene rings is 1. The fourth-order valence-electron chi connectivity index (χ4n) is 1.88. The molecule has 0 bridgehead atoms. The molecule has 3 heteroatoms. The van der Waals surface area contributed by atoms with E-state index < -0.39 is 0 Å². The third-order valence-corrected chi connectivity index (χ3v) is 3.25. The lowest BCUT2D eigenvalue weighted by molar-refractivity contribution is 0.0600. The van der Waals surface area contributed by atoms with Gasteiger partial charge in [-0.2, -0.15) is 0 Å². The number of hydrogen-bond acceptors (Lipinski definition) is 3. The molecule has 1 aromatic rings. The second-order valence-corrected chi connectivity index (χ2v) is 4.52. The molecule has 0 heterocycles. The van der Waals surface area contributed by atoms with E-state index in [0.29, 0.717) is 5.56 Å². The smallest absolute Gasteiger partial charge is 0.337 e. The summed E-state index contributed by atoms with van der Waals surface area (Å²) in [4.78, 5) is 11.2. The molecule has 0 spiro atoms. The van der Waals surface area contributed by atoms with Crippen molar-refractivity contribution < 1.29 is 14.6 Å². The molecule has 0 amide bonds. The molecule has 1 fully saturated rings. The standard InChI is InChI=1S/C13H16O3/c1-16-12(15)11-4-2-10(3-5-11)8-13(9-14)6-7-13/h2-5,14H,6-9H2,1H3. The normalized spacial score (nSPS) is 16.9. The lowest BCUT2D eigenvalue weighted by atomic mass is 9.97. The zero-order chi connectivity index (χ0) is 11.6. The summed E-state index contributed by atoms with van der Waals surface area (Å²) in [7, 11) is 1.38. The summed E-state index contributed by atoms with van der Waals surface area (Å²) in [5, 5.41) is 9.22.